The van der Waals surface area contributed by atoms with E-state index in [1.165, 1.54) is 103 Å². The minimum absolute atomic E-state index is 0.0572. The van der Waals surface area contributed by atoms with E-state index >= 15 is 0 Å². The van der Waals surface area contributed by atoms with Crippen LogP contribution < -0.4 is 0 Å². The van der Waals surface area contributed by atoms with E-state index in [1.807, 2.05) is 0 Å². The van der Waals surface area contributed by atoms with Crippen molar-refractivity contribution >= 4 is 5.97 Å². The number of carbonyl (C=O) groups excluding carboxylic acids is 1. The van der Waals surface area contributed by atoms with E-state index < -0.39 is 0 Å². The van der Waals surface area contributed by atoms with Gasteiger partial charge in [0.05, 0.1) is 0 Å². The number of carbonyl (C=O) groups is 1. The number of rotatable bonds is 15. The highest BCUT2D eigenvalue weighted by molar-refractivity contribution is 5.69. The van der Waals surface area contributed by atoms with Gasteiger partial charge in [0.2, 0.25) is 0 Å². The van der Waals surface area contributed by atoms with Crippen LogP contribution in [-0.2, 0) is 9.53 Å². The summed E-state index contributed by atoms with van der Waals surface area (Å²) >= 11 is 0. The molecular formula is C38H66O2. The first-order valence-electron chi connectivity index (χ1n) is 18.1. The Morgan fingerprint density at radius 1 is 0.875 bits per heavy atom. The zero-order valence-corrected chi connectivity index (χ0v) is 27.6. The molecule has 230 valence electrons. The molecule has 1 unspecified atom stereocenters. The summed E-state index contributed by atoms with van der Waals surface area (Å²) in [6.45, 7) is 14.9. The molecule has 0 N–H and O–H groups in total. The number of allylic oxidation sites excluding steroid dienone is 1. The van der Waals surface area contributed by atoms with E-state index in [9.17, 15) is 4.79 Å². The number of ether oxygens (including phenoxy) is 1. The van der Waals surface area contributed by atoms with E-state index in [4.69, 9.17) is 4.74 Å². The van der Waals surface area contributed by atoms with Crippen LogP contribution in [0.4, 0.5) is 0 Å². The second kappa shape index (κ2) is 14.6. The van der Waals surface area contributed by atoms with Crippen LogP contribution in [0.2, 0.25) is 0 Å². The van der Waals surface area contributed by atoms with Crippen LogP contribution in [0, 0.1) is 46.3 Å². The molecule has 0 bridgehead atoms. The van der Waals surface area contributed by atoms with Gasteiger partial charge < -0.3 is 4.74 Å². The molecule has 4 aliphatic carbocycles. The van der Waals surface area contributed by atoms with Crippen molar-refractivity contribution in [3.05, 3.63) is 11.6 Å². The average Bonchev–Trinajstić information content (AvgIpc) is 3.27. The van der Waals surface area contributed by atoms with Gasteiger partial charge in [-0.2, -0.15) is 0 Å². The minimum Gasteiger partial charge on any atom is -0.462 e. The minimum atomic E-state index is 0.0572. The van der Waals surface area contributed by atoms with Crippen molar-refractivity contribution in [3.8, 4) is 0 Å². The van der Waals surface area contributed by atoms with Crippen LogP contribution in [-0.4, -0.2) is 12.1 Å². The smallest absolute Gasteiger partial charge is 0.306 e. The van der Waals surface area contributed by atoms with Gasteiger partial charge in [-0.15, -0.1) is 0 Å². The predicted octanol–water partition coefficient (Wildman–Crippen LogP) is 11.5. The Labute approximate surface area is 249 Å². The van der Waals surface area contributed by atoms with Gasteiger partial charge in [-0.05, 0) is 97.7 Å². The van der Waals surface area contributed by atoms with Crippen LogP contribution in [0.25, 0.3) is 0 Å². The van der Waals surface area contributed by atoms with Gasteiger partial charge in [-0.25, -0.2) is 0 Å². The standard InChI is InChI=1S/C38H66O2/c1-7-8-9-10-11-12-13-14-18-36(39)40-31-23-25-37(5)30(27-31)19-20-32-34-22-21-33(29(4)17-15-16-28(2)3)38(34,6)26-24-35(32)37/h19,28-29,31-35H,7-18,20-27H2,1-6H3/t29-,31+,32+,33?,34+,35+,37+,38-/m1/s1. The molecule has 0 aromatic rings. The molecule has 0 aromatic carbocycles. The molecule has 40 heavy (non-hydrogen) atoms. The number of unbranched alkanes of at least 4 members (excludes halogenated alkanes) is 7. The first kappa shape index (κ1) is 32.1. The Bertz CT molecular complexity index is 827. The van der Waals surface area contributed by atoms with Crippen molar-refractivity contribution < 1.29 is 9.53 Å². The summed E-state index contributed by atoms with van der Waals surface area (Å²) in [6.07, 6.45) is 28.1. The molecule has 2 heteroatoms. The Morgan fingerprint density at radius 3 is 2.33 bits per heavy atom. The van der Waals surface area contributed by atoms with Crippen LogP contribution >= 0.6 is 0 Å². The monoisotopic (exact) mass is 555 g/mol. The van der Waals surface area contributed by atoms with E-state index in [1.54, 1.807) is 5.57 Å². The number of esters is 1. The maximum atomic E-state index is 12.7. The van der Waals surface area contributed by atoms with Crippen molar-refractivity contribution in [2.45, 2.75) is 176 Å². The van der Waals surface area contributed by atoms with Crippen molar-refractivity contribution in [1.29, 1.82) is 0 Å². The lowest BCUT2D eigenvalue weighted by Gasteiger charge is -2.58. The lowest BCUT2D eigenvalue weighted by Crippen LogP contribution is -2.51. The van der Waals surface area contributed by atoms with Gasteiger partial charge in [0, 0.05) is 12.8 Å². The maximum Gasteiger partial charge on any atom is 0.306 e. The van der Waals surface area contributed by atoms with Gasteiger partial charge in [0.25, 0.3) is 0 Å². The summed E-state index contributed by atoms with van der Waals surface area (Å²) in [5, 5.41) is 0. The average molecular weight is 555 g/mol. The van der Waals surface area contributed by atoms with Crippen LogP contribution in [0.5, 0.6) is 0 Å². The summed E-state index contributed by atoms with van der Waals surface area (Å²) in [4.78, 5) is 12.7. The lowest BCUT2D eigenvalue weighted by atomic mass is 9.47. The fourth-order valence-electron chi connectivity index (χ4n) is 10.4. The highest BCUT2D eigenvalue weighted by Gasteiger charge is 2.59. The molecule has 0 spiro atoms. The predicted molar refractivity (Wildman–Crippen MR) is 170 cm³/mol. The molecule has 0 saturated heterocycles. The van der Waals surface area contributed by atoms with E-state index in [0.717, 1.165) is 54.8 Å². The van der Waals surface area contributed by atoms with E-state index in [2.05, 4.69) is 47.6 Å². The number of fused-ring (bicyclic) bond motifs is 5. The van der Waals surface area contributed by atoms with Crippen molar-refractivity contribution in [2.75, 3.05) is 0 Å². The molecule has 0 heterocycles. The van der Waals surface area contributed by atoms with Crippen molar-refractivity contribution in [1.82, 2.24) is 0 Å². The first-order valence-corrected chi connectivity index (χ1v) is 18.1. The summed E-state index contributed by atoms with van der Waals surface area (Å²) < 4.78 is 6.07. The summed E-state index contributed by atoms with van der Waals surface area (Å²) in [6, 6.07) is 0. The number of hydrogen-bond donors (Lipinski definition) is 0. The Balaban J connectivity index is 1.26. The number of hydrogen-bond acceptors (Lipinski definition) is 2. The van der Waals surface area contributed by atoms with Gasteiger partial charge in [0.1, 0.15) is 6.10 Å². The van der Waals surface area contributed by atoms with Crippen LogP contribution in [0.3, 0.4) is 0 Å². The molecule has 8 atom stereocenters. The van der Waals surface area contributed by atoms with Crippen molar-refractivity contribution in [3.63, 3.8) is 0 Å². The molecule has 3 saturated carbocycles. The van der Waals surface area contributed by atoms with Gasteiger partial charge in [-0.1, -0.05) is 117 Å². The van der Waals surface area contributed by atoms with Gasteiger partial charge >= 0.3 is 5.97 Å². The quantitative estimate of drug-likeness (QED) is 0.114. The fourth-order valence-corrected chi connectivity index (χ4v) is 10.4. The Hall–Kier alpha value is -0.790. The SMILES string of the molecule is CCCCCCCCCCC(=O)O[C@H]1CC[C@@]2(C)C(=CC[C@@H]3[C@@H]2CC[C@]2(C)C([C@H](C)CCCC(C)C)CC[C@@H]32)C1. The Morgan fingerprint density at radius 2 is 1.60 bits per heavy atom. The molecule has 3 fully saturated rings. The van der Waals surface area contributed by atoms with Gasteiger partial charge in [-0.3, -0.25) is 4.79 Å². The topological polar surface area (TPSA) is 26.3 Å². The summed E-state index contributed by atoms with van der Waals surface area (Å²) in [5.41, 5.74) is 2.54. The van der Waals surface area contributed by atoms with Crippen LogP contribution in [0.15, 0.2) is 11.6 Å². The fraction of sp³-hybridized carbons (Fsp3) is 0.921. The molecule has 0 aromatic heterocycles. The second-order valence-corrected chi connectivity index (χ2v) is 15.9. The van der Waals surface area contributed by atoms with Crippen molar-refractivity contribution in [2.24, 2.45) is 46.3 Å². The molecule has 0 amide bonds. The third-order valence-electron chi connectivity index (χ3n) is 12.8. The highest BCUT2D eigenvalue weighted by Crippen LogP contribution is 2.67. The molecular weight excluding hydrogens is 488 g/mol. The largest absolute Gasteiger partial charge is 0.462 e. The zero-order chi connectivity index (χ0) is 28.8. The van der Waals surface area contributed by atoms with Crippen LogP contribution in [0.1, 0.15) is 170 Å². The third-order valence-corrected chi connectivity index (χ3v) is 12.8. The molecule has 0 radical (unpaired) electrons. The molecule has 0 aliphatic heterocycles. The van der Waals surface area contributed by atoms with E-state index in [-0.39, 0.29) is 12.1 Å². The molecule has 2 nitrogen and oxygen atoms in total. The summed E-state index contributed by atoms with van der Waals surface area (Å²) in [7, 11) is 0. The summed E-state index contributed by atoms with van der Waals surface area (Å²) in [5.74, 6) is 5.34. The maximum absolute atomic E-state index is 12.7. The van der Waals surface area contributed by atoms with Gasteiger partial charge in [0.15, 0.2) is 0 Å². The first-order chi connectivity index (χ1) is 19.2. The molecule has 4 aliphatic rings. The lowest BCUT2D eigenvalue weighted by molar-refractivity contribution is -0.151. The zero-order valence-electron chi connectivity index (χ0n) is 27.6. The van der Waals surface area contributed by atoms with E-state index in [0.29, 0.717) is 17.3 Å². The second-order valence-electron chi connectivity index (χ2n) is 15.9. The molecule has 4 rings (SSSR count). The third kappa shape index (κ3) is 7.40. The normalized spacial score (nSPS) is 36.0. The Kier molecular flexibility index (Phi) is 11.7. The highest BCUT2D eigenvalue weighted by atomic mass is 16.5.